The fourth-order valence-corrected chi connectivity index (χ4v) is 5.31. The van der Waals surface area contributed by atoms with Crippen molar-refractivity contribution in [3.05, 3.63) is 35.7 Å². The van der Waals surface area contributed by atoms with Gasteiger partial charge >= 0.3 is 0 Å². The van der Waals surface area contributed by atoms with Gasteiger partial charge in [-0.1, -0.05) is 0 Å². The van der Waals surface area contributed by atoms with Crippen LogP contribution in [0.15, 0.2) is 18.5 Å². The molecule has 0 amide bonds. The van der Waals surface area contributed by atoms with Crippen LogP contribution in [0.5, 0.6) is 11.5 Å². The van der Waals surface area contributed by atoms with Crippen molar-refractivity contribution in [3.63, 3.8) is 0 Å². The van der Waals surface area contributed by atoms with Gasteiger partial charge in [0.05, 0.1) is 42.5 Å². The molecule has 10 nitrogen and oxygen atoms in total. The lowest BCUT2D eigenvalue weighted by molar-refractivity contribution is 0.122. The number of hydrogen-bond acceptors (Lipinski definition) is 10. The number of rotatable bonds is 5. The summed E-state index contributed by atoms with van der Waals surface area (Å²) in [5.41, 5.74) is 3.09. The van der Waals surface area contributed by atoms with Crippen LogP contribution in [0.4, 0.5) is 11.5 Å². The standard InChI is InChI=1S/C26H29N7O3/c1-16-30-20-6-9-35-25(20)26(31-16)32-17-2-4-19(5-3-17)36-23-13-18(33-7-10-34-11-8-33)12-21-24(23)22(14-27)29-15-28-21/h12-13,15,17,19H,2-11H2,1H3,(H,30,31,32). The van der Waals surface area contributed by atoms with Gasteiger partial charge in [0, 0.05) is 37.3 Å². The van der Waals surface area contributed by atoms with Crippen molar-refractivity contribution < 1.29 is 14.2 Å². The van der Waals surface area contributed by atoms with Crippen LogP contribution in [0.2, 0.25) is 0 Å². The zero-order valence-corrected chi connectivity index (χ0v) is 20.4. The largest absolute Gasteiger partial charge is 0.490 e. The van der Waals surface area contributed by atoms with E-state index in [1.807, 2.05) is 19.1 Å². The van der Waals surface area contributed by atoms with Gasteiger partial charge in [0.15, 0.2) is 17.3 Å². The summed E-state index contributed by atoms with van der Waals surface area (Å²) in [6.45, 7) is 5.59. The molecule has 0 bridgehead atoms. The Hall–Kier alpha value is -3.71. The minimum Gasteiger partial charge on any atom is -0.490 e. The maximum atomic E-state index is 9.69. The van der Waals surface area contributed by atoms with Gasteiger partial charge in [0.1, 0.15) is 24.0 Å². The first-order chi connectivity index (χ1) is 17.7. The molecule has 1 saturated carbocycles. The molecule has 0 atom stereocenters. The van der Waals surface area contributed by atoms with Crippen LogP contribution in [-0.2, 0) is 11.2 Å². The molecule has 3 aromatic rings. The summed E-state index contributed by atoms with van der Waals surface area (Å²) in [7, 11) is 0. The Morgan fingerprint density at radius 1 is 1.08 bits per heavy atom. The molecule has 2 fully saturated rings. The number of morpholine rings is 1. The minimum absolute atomic E-state index is 0.0482. The molecule has 36 heavy (non-hydrogen) atoms. The van der Waals surface area contributed by atoms with Gasteiger partial charge in [0.25, 0.3) is 0 Å². The van der Waals surface area contributed by atoms with E-state index < -0.39 is 0 Å². The zero-order valence-electron chi connectivity index (χ0n) is 20.4. The Kier molecular flexibility index (Phi) is 6.15. The zero-order chi connectivity index (χ0) is 24.5. The maximum Gasteiger partial charge on any atom is 0.183 e. The van der Waals surface area contributed by atoms with E-state index in [-0.39, 0.29) is 6.10 Å². The second kappa shape index (κ2) is 9.74. The molecule has 0 spiro atoms. The third-order valence-corrected chi connectivity index (χ3v) is 7.11. The number of nitriles is 1. The third kappa shape index (κ3) is 4.46. The van der Waals surface area contributed by atoms with E-state index in [2.05, 4.69) is 36.2 Å². The van der Waals surface area contributed by atoms with Crippen molar-refractivity contribution in [2.45, 2.75) is 51.2 Å². The van der Waals surface area contributed by atoms with Crippen molar-refractivity contribution >= 4 is 22.4 Å². The third-order valence-electron chi connectivity index (χ3n) is 7.11. The van der Waals surface area contributed by atoms with Gasteiger partial charge in [0.2, 0.25) is 0 Å². The highest BCUT2D eigenvalue weighted by atomic mass is 16.5. The van der Waals surface area contributed by atoms with Gasteiger partial charge in [-0.05, 0) is 38.7 Å². The van der Waals surface area contributed by atoms with Crippen molar-refractivity contribution in [3.8, 4) is 17.6 Å². The van der Waals surface area contributed by atoms with E-state index in [4.69, 9.17) is 14.2 Å². The predicted molar refractivity (Wildman–Crippen MR) is 134 cm³/mol. The number of benzene rings is 1. The fraction of sp³-hybridized carbons (Fsp3) is 0.500. The highest BCUT2D eigenvalue weighted by molar-refractivity contribution is 5.92. The van der Waals surface area contributed by atoms with Crippen molar-refractivity contribution in [2.24, 2.45) is 0 Å². The molecule has 2 aliphatic heterocycles. The molecule has 1 saturated heterocycles. The molecule has 10 heteroatoms. The maximum absolute atomic E-state index is 9.69. The number of nitrogens with zero attached hydrogens (tertiary/aromatic N) is 6. The van der Waals surface area contributed by atoms with E-state index in [1.165, 1.54) is 6.33 Å². The van der Waals surface area contributed by atoms with E-state index in [1.54, 1.807) is 0 Å². The van der Waals surface area contributed by atoms with Gasteiger partial charge in [-0.2, -0.15) is 5.26 Å². The molecule has 0 unspecified atom stereocenters. The number of anilines is 2. The number of hydrogen-bond donors (Lipinski definition) is 1. The second-order valence-corrected chi connectivity index (χ2v) is 9.50. The Morgan fingerprint density at radius 2 is 1.92 bits per heavy atom. The first-order valence-corrected chi connectivity index (χ1v) is 12.6. The summed E-state index contributed by atoms with van der Waals surface area (Å²) < 4.78 is 17.9. The number of aryl methyl sites for hydroxylation is 1. The average molecular weight is 488 g/mol. The topological polar surface area (TPSA) is 118 Å². The van der Waals surface area contributed by atoms with E-state index in [9.17, 15) is 5.26 Å². The van der Waals surface area contributed by atoms with E-state index in [0.29, 0.717) is 42.7 Å². The highest BCUT2D eigenvalue weighted by Crippen LogP contribution is 2.37. The number of fused-ring (bicyclic) bond motifs is 2. The summed E-state index contributed by atoms with van der Waals surface area (Å²) in [6, 6.07) is 6.55. The summed E-state index contributed by atoms with van der Waals surface area (Å²) >= 11 is 0. The van der Waals surface area contributed by atoms with E-state index >= 15 is 0 Å². The number of nitrogens with one attached hydrogen (secondary N) is 1. The number of ether oxygens (including phenoxy) is 3. The Labute approximate surface area is 209 Å². The van der Waals surface area contributed by atoms with Crippen LogP contribution < -0.4 is 19.7 Å². The molecule has 0 radical (unpaired) electrons. The van der Waals surface area contributed by atoms with Gasteiger partial charge in [-0.15, -0.1) is 0 Å². The SMILES string of the molecule is Cc1nc2c(c(NC3CCC(Oc4cc(N5CCOCC5)cc5ncnc(C#N)c45)CC3)n1)OCC2. The van der Waals surface area contributed by atoms with Gasteiger partial charge in [-0.25, -0.2) is 19.9 Å². The normalized spacial score (nSPS) is 21.5. The van der Waals surface area contributed by atoms with Crippen molar-refractivity contribution in [1.29, 1.82) is 5.26 Å². The average Bonchev–Trinajstić information content (AvgIpc) is 3.38. The highest BCUT2D eigenvalue weighted by Gasteiger charge is 2.27. The fourth-order valence-electron chi connectivity index (χ4n) is 5.31. The Balaban J connectivity index is 1.19. The minimum atomic E-state index is 0.0482. The lowest BCUT2D eigenvalue weighted by Gasteiger charge is -2.32. The molecule has 186 valence electrons. The Morgan fingerprint density at radius 3 is 2.72 bits per heavy atom. The summed E-state index contributed by atoms with van der Waals surface area (Å²) in [5.74, 6) is 3.05. The van der Waals surface area contributed by atoms with Crippen LogP contribution in [0, 0.1) is 18.3 Å². The monoisotopic (exact) mass is 487 g/mol. The van der Waals surface area contributed by atoms with E-state index in [0.717, 1.165) is 79.5 Å². The summed E-state index contributed by atoms with van der Waals surface area (Å²) in [6.07, 6.45) is 6.01. The lowest BCUT2D eigenvalue weighted by atomic mass is 9.92. The summed E-state index contributed by atoms with van der Waals surface area (Å²) in [5, 5.41) is 14.0. The molecule has 6 rings (SSSR count). The quantitative estimate of drug-likeness (QED) is 0.575. The van der Waals surface area contributed by atoms with Crippen LogP contribution in [0.25, 0.3) is 10.9 Å². The molecule has 1 aromatic carbocycles. The first-order valence-electron chi connectivity index (χ1n) is 12.6. The Bertz CT molecular complexity index is 1310. The number of aromatic nitrogens is 4. The van der Waals surface area contributed by atoms with Gasteiger partial charge in [-0.3, -0.25) is 0 Å². The lowest BCUT2D eigenvalue weighted by Crippen LogP contribution is -2.36. The molecular weight excluding hydrogens is 458 g/mol. The van der Waals surface area contributed by atoms with Crippen LogP contribution in [0.1, 0.15) is 42.9 Å². The smallest absolute Gasteiger partial charge is 0.183 e. The van der Waals surface area contributed by atoms with Crippen molar-refractivity contribution in [1.82, 2.24) is 19.9 Å². The predicted octanol–water partition coefficient (Wildman–Crippen LogP) is 3.17. The molecule has 2 aromatic heterocycles. The first kappa shape index (κ1) is 22.7. The summed E-state index contributed by atoms with van der Waals surface area (Å²) in [4.78, 5) is 20.0. The molecule has 4 heterocycles. The molecule has 1 aliphatic carbocycles. The second-order valence-electron chi connectivity index (χ2n) is 9.50. The van der Waals surface area contributed by atoms with Crippen LogP contribution in [-0.4, -0.2) is 65.0 Å². The van der Waals surface area contributed by atoms with Crippen LogP contribution >= 0.6 is 0 Å². The van der Waals surface area contributed by atoms with Gasteiger partial charge < -0.3 is 24.4 Å². The molecule has 1 N–H and O–H groups in total. The van der Waals surface area contributed by atoms with Crippen LogP contribution in [0.3, 0.4) is 0 Å². The van der Waals surface area contributed by atoms with Crippen molar-refractivity contribution in [2.75, 3.05) is 43.1 Å². The molecular formula is C26H29N7O3. The molecule has 3 aliphatic rings.